The van der Waals surface area contributed by atoms with Crippen molar-refractivity contribution in [3.05, 3.63) is 0 Å². The van der Waals surface area contributed by atoms with Crippen LogP contribution in [0.1, 0.15) is 13.8 Å². The van der Waals surface area contributed by atoms with Crippen molar-refractivity contribution in [3.8, 4) is 0 Å². The summed E-state index contributed by atoms with van der Waals surface area (Å²) in [5.74, 6) is -0.345. The fraction of sp³-hybridized carbons (Fsp3) is 0.833. The van der Waals surface area contributed by atoms with Gasteiger partial charge in [0.1, 0.15) is 0 Å². The topological polar surface area (TPSA) is 72.5 Å². The van der Waals surface area contributed by atoms with Crippen LogP contribution in [0.15, 0.2) is 0 Å². The van der Waals surface area contributed by atoms with E-state index in [9.17, 15) is 4.79 Å². The molecule has 0 aromatic heterocycles. The quantitative estimate of drug-likeness (QED) is 0.519. The predicted molar refractivity (Wildman–Crippen MR) is 38.4 cm³/mol. The van der Waals surface area contributed by atoms with Gasteiger partial charge < -0.3 is 15.6 Å². The maximum atomic E-state index is 10.1. The van der Waals surface area contributed by atoms with E-state index in [1.54, 1.807) is 13.8 Å². The molecule has 10 heavy (non-hydrogen) atoms. The number of carbonyl (C=O) groups is 1. The molecule has 0 unspecified atom stereocenters. The lowest BCUT2D eigenvalue weighted by Crippen LogP contribution is -2.16. The molecule has 0 amide bonds. The Bertz CT molecular complexity index is 75.4. The summed E-state index contributed by atoms with van der Waals surface area (Å²) < 4.78 is 4.43. The van der Waals surface area contributed by atoms with Gasteiger partial charge in [-0.3, -0.25) is 4.79 Å². The molecule has 0 fully saturated rings. The van der Waals surface area contributed by atoms with Crippen LogP contribution in [0.25, 0.3) is 0 Å². The van der Waals surface area contributed by atoms with Gasteiger partial charge in [0.05, 0.1) is 13.2 Å². The lowest BCUT2D eigenvalue weighted by Gasteiger charge is -1.93. The number of nitrogens with two attached hydrogens (primary N) is 1. The molecule has 3 N–H and O–H groups in total. The van der Waals surface area contributed by atoms with E-state index in [2.05, 4.69) is 4.74 Å². The molecule has 0 aliphatic carbocycles. The summed E-state index contributed by atoms with van der Waals surface area (Å²) in [7, 11) is 0. The van der Waals surface area contributed by atoms with E-state index >= 15 is 0 Å². The fourth-order valence-electron chi connectivity index (χ4n) is 0.220. The number of hydrogen-bond acceptors (Lipinski definition) is 4. The van der Waals surface area contributed by atoms with Crippen molar-refractivity contribution in [1.29, 1.82) is 0 Å². The molecule has 0 aromatic carbocycles. The average molecular weight is 149 g/mol. The van der Waals surface area contributed by atoms with Crippen LogP contribution in [0.2, 0.25) is 0 Å². The third-order valence-electron chi connectivity index (χ3n) is 0.472. The highest BCUT2D eigenvalue weighted by molar-refractivity contribution is 5.71. The van der Waals surface area contributed by atoms with Crippen molar-refractivity contribution >= 4 is 5.97 Å². The minimum atomic E-state index is -0.345. The van der Waals surface area contributed by atoms with E-state index in [1.165, 1.54) is 0 Å². The van der Waals surface area contributed by atoms with Gasteiger partial charge in [0.15, 0.2) is 0 Å². The fourth-order valence-corrected chi connectivity index (χ4v) is 0.220. The summed E-state index contributed by atoms with van der Waals surface area (Å²) in [6.45, 7) is 4.07. The zero-order valence-electron chi connectivity index (χ0n) is 6.46. The lowest BCUT2D eigenvalue weighted by atomic mass is 10.7. The lowest BCUT2D eigenvalue weighted by molar-refractivity contribution is -0.141. The van der Waals surface area contributed by atoms with Crippen LogP contribution in [0, 0.1) is 0 Å². The van der Waals surface area contributed by atoms with Crippen molar-refractivity contribution < 1.29 is 14.6 Å². The molecule has 0 heterocycles. The van der Waals surface area contributed by atoms with Crippen LogP contribution in [0.3, 0.4) is 0 Å². The van der Waals surface area contributed by atoms with Crippen molar-refractivity contribution in [1.82, 2.24) is 0 Å². The Hall–Kier alpha value is -0.610. The average Bonchev–Trinajstić information content (AvgIpc) is 1.90. The molecule has 4 nitrogen and oxygen atoms in total. The largest absolute Gasteiger partial charge is 0.465 e. The van der Waals surface area contributed by atoms with Crippen molar-refractivity contribution in [2.45, 2.75) is 13.8 Å². The van der Waals surface area contributed by atoms with Crippen molar-refractivity contribution in [2.24, 2.45) is 5.73 Å². The molecule has 4 heteroatoms. The molecular weight excluding hydrogens is 134 g/mol. The van der Waals surface area contributed by atoms with Crippen LogP contribution in [0.5, 0.6) is 0 Å². The monoisotopic (exact) mass is 149 g/mol. The van der Waals surface area contributed by atoms with Gasteiger partial charge in [-0.25, -0.2) is 0 Å². The van der Waals surface area contributed by atoms with E-state index in [4.69, 9.17) is 10.8 Å². The van der Waals surface area contributed by atoms with Crippen LogP contribution in [-0.2, 0) is 9.53 Å². The number of rotatable bonds is 2. The van der Waals surface area contributed by atoms with Crippen molar-refractivity contribution in [2.75, 3.05) is 19.8 Å². The summed E-state index contributed by atoms with van der Waals surface area (Å²) in [4.78, 5) is 10.1. The maximum absolute atomic E-state index is 10.1. The molecule has 0 saturated heterocycles. The minimum absolute atomic E-state index is 0.0200. The zero-order chi connectivity index (χ0) is 8.41. The SMILES string of the molecule is CCO.CCOC(=O)CN. The molecular formula is C6H15NO3. The Morgan fingerprint density at radius 1 is 1.60 bits per heavy atom. The Kier molecular flexibility index (Phi) is 13.6. The molecule has 0 bridgehead atoms. The normalized spacial score (nSPS) is 7.60. The van der Waals surface area contributed by atoms with Gasteiger partial charge in [-0.1, -0.05) is 0 Å². The van der Waals surface area contributed by atoms with E-state index in [0.29, 0.717) is 6.61 Å². The zero-order valence-corrected chi connectivity index (χ0v) is 6.46. The molecule has 0 atom stereocenters. The van der Waals surface area contributed by atoms with Crippen LogP contribution in [-0.4, -0.2) is 30.8 Å². The van der Waals surface area contributed by atoms with Gasteiger partial charge >= 0.3 is 5.97 Å². The third kappa shape index (κ3) is 15.7. The number of ether oxygens (including phenoxy) is 1. The molecule has 0 aliphatic rings. The van der Waals surface area contributed by atoms with Crippen molar-refractivity contribution in [3.63, 3.8) is 0 Å². The molecule has 0 spiro atoms. The van der Waals surface area contributed by atoms with Gasteiger partial charge in [0.25, 0.3) is 0 Å². The number of hydrogen-bond donors (Lipinski definition) is 2. The smallest absolute Gasteiger partial charge is 0.319 e. The van der Waals surface area contributed by atoms with E-state index in [-0.39, 0.29) is 19.1 Å². The highest BCUT2D eigenvalue weighted by atomic mass is 16.5. The summed E-state index contributed by atoms with van der Waals surface area (Å²) in [5, 5.41) is 7.57. The third-order valence-corrected chi connectivity index (χ3v) is 0.472. The first-order valence-electron chi connectivity index (χ1n) is 3.19. The number of esters is 1. The van der Waals surface area contributed by atoms with E-state index < -0.39 is 0 Å². The second kappa shape index (κ2) is 11.2. The van der Waals surface area contributed by atoms with E-state index in [0.717, 1.165) is 0 Å². The highest BCUT2D eigenvalue weighted by Gasteiger charge is 1.91. The highest BCUT2D eigenvalue weighted by Crippen LogP contribution is 1.69. The van der Waals surface area contributed by atoms with Gasteiger partial charge in [0.2, 0.25) is 0 Å². The second-order valence-corrected chi connectivity index (χ2v) is 1.33. The van der Waals surface area contributed by atoms with Crippen LogP contribution < -0.4 is 5.73 Å². The second-order valence-electron chi connectivity index (χ2n) is 1.33. The van der Waals surface area contributed by atoms with Gasteiger partial charge in [0, 0.05) is 6.61 Å². The first kappa shape index (κ1) is 12.1. The number of carbonyl (C=O) groups excluding carboxylic acids is 1. The Morgan fingerprint density at radius 3 is 2.10 bits per heavy atom. The molecule has 62 valence electrons. The first-order valence-corrected chi connectivity index (χ1v) is 3.19. The van der Waals surface area contributed by atoms with Gasteiger partial charge in [-0.2, -0.15) is 0 Å². The van der Waals surface area contributed by atoms with E-state index in [1.807, 2.05) is 0 Å². The summed E-state index contributed by atoms with van der Waals surface area (Å²) >= 11 is 0. The molecule has 0 radical (unpaired) electrons. The molecule has 0 aliphatic heterocycles. The molecule has 0 aromatic rings. The minimum Gasteiger partial charge on any atom is -0.465 e. The van der Waals surface area contributed by atoms with Gasteiger partial charge in [-0.05, 0) is 13.8 Å². The Morgan fingerprint density at radius 2 is 2.00 bits per heavy atom. The molecule has 0 rings (SSSR count). The Labute approximate surface area is 61.0 Å². The number of aliphatic hydroxyl groups excluding tert-OH is 1. The summed E-state index contributed by atoms with van der Waals surface area (Å²) in [6.07, 6.45) is 0. The Balaban J connectivity index is 0. The maximum Gasteiger partial charge on any atom is 0.319 e. The first-order chi connectivity index (χ1) is 4.72. The standard InChI is InChI=1S/C4H9NO2.C2H6O/c1-2-7-4(6)3-5;1-2-3/h2-3,5H2,1H3;3H,2H2,1H3. The predicted octanol–water partition coefficient (Wildman–Crippen LogP) is -0.493. The summed E-state index contributed by atoms with van der Waals surface area (Å²) in [5.41, 5.74) is 4.88. The molecule has 0 saturated carbocycles. The number of aliphatic hydroxyl groups is 1. The van der Waals surface area contributed by atoms with Gasteiger partial charge in [-0.15, -0.1) is 0 Å². The van der Waals surface area contributed by atoms with Crippen LogP contribution in [0.4, 0.5) is 0 Å². The van der Waals surface area contributed by atoms with Crippen LogP contribution >= 0.6 is 0 Å². The summed E-state index contributed by atoms with van der Waals surface area (Å²) in [6, 6.07) is 0.